The average Bonchev–Trinajstić information content (AvgIpc) is 3.63. The van der Waals surface area contributed by atoms with Gasteiger partial charge in [0.25, 0.3) is 0 Å². The van der Waals surface area contributed by atoms with Crippen LogP contribution in [0.3, 0.4) is 0 Å². The first-order valence-electron chi connectivity index (χ1n) is 20.0. The van der Waals surface area contributed by atoms with E-state index >= 15 is 0 Å². The van der Waals surface area contributed by atoms with Crippen LogP contribution in [0.5, 0.6) is 0 Å². The highest BCUT2D eigenvalue weighted by Crippen LogP contribution is 2.54. The summed E-state index contributed by atoms with van der Waals surface area (Å²) in [6.07, 6.45) is 0. The molecular formula is C53H38N6. The maximum absolute atomic E-state index is 5.46. The minimum Gasteiger partial charge on any atom is -0.294 e. The lowest BCUT2D eigenvalue weighted by Gasteiger charge is -2.41. The van der Waals surface area contributed by atoms with E-state index in [0.29, 0.717) is 17.6 Å². The van der Waals surface area contributed by atoms with Crippen LogP contribution in [-0.2, 0) is 5.41 Å². The summed E-state index contributed by atoms with van der Waals surface area (Å²) in [6.45, 7) is 4.65. The molecule has 1 aliphatic rings. The third kappa shape index (κ3) is 5.79. The SMILES string of the molecule is CC1(C)c2ccccc2N(c2cc(-c3ccccc3)cc(-c3ccccc3)n2)c2cc3c4ccccc4n(-c4nc(-c5ccccc5)nc(-c5ccccc5)n4)c3cc21. The van der Waals surface area contributed by atoms with E-state index in [9.17, 15) is 0 Å². The Bertz CT molecular complexity index is 3060. The van der Waals surface area contributed by atoms with Gasteiger partial charge in [0.2, 0.25) is 5.95 Å². The van der Waals surface area contributed by atoms with Crippen molar-refractivity contribution in [1.82, 2.24) is 24.5 Å². The van der Waals surface area contributed by atoms with Gasteiger partial charge in [0, 0.05) is 32.9 Å². The molecule has 0 amide bonds. The van der Waals surface area contributed by atoms with Gasteiger partial charge in [-0.1, -0.05) is 172 Å². The predicted octanol–water partition coefficient (Wildman–Crippen LogP) is 13.1. The van der Waals surface area contributed by atoms with E-state index in [1.807, 2.05) is 42.5 Å². The molecule has 0 radical (unpaired) electrons. The quantitative estimate of drug-likeness (QED) is 0.169. The molecule has 10 aromatic rings. The second-order valence-corrected chi connectivity index (χ2v) is 15.6. The molecule has 0 fully saturated rings. The summed E-state index contributed by atoms with van der Waals surface area (Å²) in [5.41, 5.74) is 12.4. The molecule has 280 valence electrons. The molecule has 59 heavy (non-hydrogen) atoms. The third-order valence-corrected chi connectivity index (χ3v) is 11.6. The Hall–Kier alpha value is -7.70. The largest absolute Gasteiger partial charge is 0.294 e. The van der Waals surface area contributed by atoms with Crippen molar-refractivity contribution in [3.63, 3.8) is 0 Å². The number of pyridine rings is 1. The van der Waals surface area contributed by atoms with Gasteiger partial charge in [-0.05, 0) is 58.7 Å². The maximum Gasteiger partial charge on any atom is 0.238 e. The Morgan fingerprint density at radius 2 is 0.949 bits per heavy atom. The first-order chi connectivity index (χ1) is 29.0. The molecule has 6 heteroatoms. The zero-order valence-electron chi connectivity index (χ0n) is 32.7. The van der Waals surface area contributed by atoms with Crippen molar-refractivity contribution >= 4 is 39.0 Å². The number of nitrogens with zero attached hydrogens (tertiary/aromatic N) is 6. The van der Waals surface area contributed by atoms with Crippen molar-refractivity contribution in [3.8, 4) is 51.1 Å². The molecule has 0 atom stereocenters. The fraction of sp³-hybridized carbons (Fsp3) is 0.0566. The Morgan fingerprint density at radius 3 is 1.61 bits per heavy atom. The van der Waals surface area contributed by atoms with Gasteiger partial charge < -0.3 is 0 Å². The molecule has 0 aliphatic carbocycles. The van der Waals surface area contributed by atoms with Crippen LogP contribution in [0.2, 0.25) is 0 Å². The van der Waals surface area contributed by atoms with Gasteiger partial charge in [-0.3, -0.25) is 9.47 Å². The van der Waals surface area contributed by atoms with E-state index in [1.165, 1.54) is 11.1 Å². The van der Waals surface area contributed by atoms with Crippen LogP contribution in [0.1, 0.15) is 25.0 Å². The summed E-state index contributed by atoms with van der Waals surface area (Å²) in [7, 11) is 0. The summed E-state index contributed by atoms with van der Waals surface area (Å²) in [5, 5.41) is 2.21. The number of fused-ring (bicyclic) bond motifs is 5. The van der Waals surface area contributed by atoms with E-state index < -0.39 is 0 Å². The lowest BCUT2D eigenvalue weighted by Crippen LogP contribution is -2.31. The molecular weight excluding hydrogens is 721 g/mol. The van der Waals surface area contributed by atoms with Crippen LogP contribution in [0.15, 0.2) is 194 Å². The molecule has 6 nitrogen and oxygen atoms in total. The Labute approximate surface area is 342 Å². The number of aromatic nitrogens is 5. The zero-order chi connectivity index (χ0) is 39.5. The van der Waals surface area contributed by atoms with Gasteiger partial charge >= 0.3 is 0 Å². The van der Waals surface area contributed by atoms with Crippen molar-refractivity contribution in [3.05, 3.63) is 205 Å². The van der Waals surface area contributed by atoms with Crippen molar-refractivity contribution in [1.29, 1.82) is 0 Å². The Morgan fingerprint density at radius 1 is 0.390 bits per heavy atom. The van der Waals surface area contributed by atoms with Crippen molar-refractivity contribution in [2.24, 2.45) is 0 Å². The van der Waals surface area contributed by atoms with Gasteiger partial charge in [-0.2, -0.15) is 9.97 Å². The van der Waals surface area contributed by atoms with E-state index in [0.717, 1.165) is 72.5 Å². The number of anilines is 3. The van der Waals surface area contributed by atoms with Gasteiger partial charge in [-0.25, -0.2) is 9.97 Å². The minimum absolute atomic E-state index is 0.360. The fourth-order valence-electron chi connectivity index (χ4n) is 8.71. The standard InChI is InChI=1S/C53H38N6/c1-53(2)42-28-16-18-30-46(42)58(49-32-39(35-19-7-3-8-20-35)31-44(54-49)36-21-9-4-10-22-36)48-33-41-40-27-15-17-29-45(40)59(47(41)34-43(48)53)52-56-50(37-23-11-5-12-24-37)55-51(57-52)38-25-13-6-14-26-38/h3-34H,1-2H3. The molecule has 0 saturated heterocycles. The normalized spacial score (nSPS) is 13.0. The lowest BCUT2D eigenvalue weighted by atomic mass is 9.73. The molecule has 1 aliphatic heterocycles. The number of para-hydroxylation sites is 2. The molecule has 0 spiro atoms. The van der Waals surface area contributed by atoms with E-state index in [4.69, 9.17) is 19.9 Å². The van der Waals surface area contributed by atoms with Crippen molar-refractivity contribution < 1.29 is 0 Å². The number of hydrogen-bond acceptors (Lipinski definition) is 5. The van der Waals surface area contributed by atoms with Gasteiger partial charge in [0.1, 0.15) is 5.82 Å². The van der Waals surface area contributed by atoms with Crippen LogP contribution in [0.4, 0.5) is 17.2 Å². The van der Waals surface area contributed by atoms with Crippen LogP contribution in [-0.4, -0.2) is 24.5 Å². The molecule has 7 aromatic carbocycles. The van der Waals surface area contributed by atoms with Crippen LogP contribution in [0.25, 0.3) is 72.9 Å². The zero-order valence-corrected chi connectivity index (χ0v) is 32.7. The molecule has 0 saturated carbocycles. The van der Waals surface area contributed by atoms with Gasteiger partial charge in [-0.15, -0.1) is 0 Å². The van der Waals surface area contributed by atoms with Crippen LogP contribution in [0, 0.1) is 0 Å². The summed E-state index contributed by atoms with van der Waals surface area (Å²) in [5.74, 6) is 2.67. The second-order valence-electron chi connectivity index (χ2n) is 15.6. The monoisotopic (exact) mass is 758 g/mol. The van der Waals surface area contributed by atoms with Crippen molar-refractivity contribution in [2.75, 3.05) is 4.90 Å². The predicted molar refractivity (Wildman–Crippen MR) is 241 cm³/mol. The fourth-order valence-corrected chi connectivity index (χ4v) is 8.71. The lowest BCUT2D eigenvalue weighted by molar-refractivity contribution is 0.632. The van der Waals surface area contributed by atoms with Crippen molar-refractivity contribution in [2.45, 2.75) is 19.3 Å². The molecule has 0 unspecified atom stereocenters. The molecule has 3 aromatic heterocycles. The number of benzene rings is 7. The number of rotatable bonds is 6. The van der Waals surface area contributed by atoms with Gasteiger partial charge in [0.05, 0.1) is 28.1 Å². The Kier molecular flexibility index (Phi) is 8.05. The average molecular weight is 759 g/mol. The van der Waals surface area contributed by atoms with Crippen LogP contribution < -0.4 is 4.90 Å². The summed E-state index contributed by atoms with van der Waals surface area (Å²) in [4.78, 5) is 23.3. The highest BCUT2D eigenvalue weighted by atomic mass is 15.2. The smallest absolute Gasteiger partial charge is 0.238 e. The maximum atomic E-state index is 5.46. The highest BCUT2D eigenvalue weighted by Gasteiger charge is 2.38. The van der Waals surface area contributed by atoms with Crippen LogP contribution >= 0.6 is 0 Å². The first kappa shape index (κ1) is 34.5. The highest BCUT2D eigenvalue weighted by molar-refractivity contribution is 6.11. The molecule has 4 heterocycles. The summed E-state index contributed by atoms with van der Waals surface area (Å²) in [6, 6.07) is 67.8. The first-order valence-corrected chi connectivity index (χ1v) is 20.0. The van der Waals surface area contributed by atoms with E-state index in [-0.39, 0.29) is 5.41 Å². The topological polar surface area (TPSA) is 59.7 Å². The van der Waals surface area contributed by atoms with E-state index in [2.05, 4.69) is 175 Å². The Balaban J connectivity index is 1.20. The van der Waals surface area contributed by atoms with Gasteiger partial charge in [0.15, 0.2) is 11.6 Å². The molecule has 0 bridgehead atoms. The number of hydrogen-bond donors (Lipinski definition) is 0. The third-order valence-electron chi connectivity index (χ3n) is 11.6. The van der Waals surface area contributed by atoms with E-state index in [1.54, 1.807) is 0 Å². The molecule has 0 N–H and O–H groups in total. The molecule has 11 rings (SSSR count). The summed E-state index contributed by atoms with van der Waals surface area (Å²) < 4.78 is 2.22. The second kappa shape index (κ2) is 13.7. The summed E-state index contributed by atoms with van der Waals surface area (Å²) >= 11 is 0. The minimum atomic E-state index is -0.360.